The Labute approximate surface area is 112 Å². The van der Waals surface area contributed by atoms with E-state index in [-0.39, 0.29) is 11.3 Å². The van der Waals surface area contributed by atoms with Crippen molar-refractivity contribution >= 4 is 11.7 Å². The minimum Gasteiger partial charge on any atom is -0.475 e. The average Bonchev–Trinajstić information content (AvgIpc) is 2.77. The molecular formula is C15H16N2O2. The lowest BCUT2D eigenvalue weighted by Gasteiger charge is -2.08. The molecule has 1 aliphatic rings. The van der Waals surface area contributed by atoms with E-state index in [2.05, 4.69) is 11.1 Å². The number of carbonyl (C=O) groups is 1. The van der Waals surface area contributed by atoms with Crippen LogP contribution in [0.2, 0.25) is 0 Å². The van der Waals surface area contributed by atoms with Gasteiger partial charge in [0.05, 0.1) is 17.2 Å². The monoisotopic (exact) mass is 256 g/mol. The molecule has 0 radical (unpaired) electrons. The Bertz CT molecular complexity index is 595. The first kappa shape index (κ1) is 13.3. The normalized spacial score (nSPS) is 16.4. The zero-order valence-electron chi connectivity index (χ0n) is 11.4. The van der Waals surface area contributed by atoms with Gasteiger partial charge in [0.1, 0.15) is 6.61 Å². The molecule has 1 aromatic carbocycles. The number of carbonyl (C=O) groups excluding carboxylic acids is 1. The number of Topliss-reactive ketones (excluding diaryl/α,β-unsaturated/α-hetero) is 1. The van der Waals surface area contributed by atoms with E-state index >= 15 is 0 Å². The highest BCUT2D eigenvalue weighted by Crippen LogP contribution is 2.24. The van der Waals surface area contributed by atoms with Crippen molar-refractivity contribution in [3.05, 3.63) is 34.9 Å². The summed E-state index contributed by atoms with van der Waals surface area (Å²) in [6.45, 7) is 6.23. The van der Waals surface area contributed by atoms with Crippen LogP contribution in [-0.2, 0) is 4.74 Å². The van der Waals surface area contributed by atoms with Crippen LogP contribution in [0.25, 0.3) is 0 Å². The molecule has 0 amide bonds. The number of ketones is 1. The van der Waals surface area contributed by atoms with Crippen molar-refractivity contribution in [3.63, 3.8) is 0 Å². The molecule has 0 saturated carbocycles. The Balaban J connectivity index is 2.54. The van der Waals surface area contributed by atoms with Gasteiger partial charge in [0.15, 0.2) is 5.78 Å². The highest BCUT2D eigenvalue weighted by Gasteiger charge is 2.29. The Kier molecular flexibility index (Phi) is 3.39. The molecular weight excluding hydrogens is 240 g/mol. The average molecular weight is 256 g/mol. The van der Waals surface area contributed by atoms with Crippen LogP contribution in [0.4, 0.5) is 0 Å². The molecule has 0 bridgehead atoms. The molecule has 4 heteroatoms. The molecule has 0 atom stereocenters. The van der Waals surface area contributed by atoms with E-state index in [9.17, 15) is 4.79 Å². The quantitative estimate of drug-likeness (QED) is 0.781. The molecule has 0 fully saturated rings. The minimum atomic E-state index is -0.287. The topological polar surface area (TPSA) is 62.5 Å². The number of hydrogen-bond acceptors (Lipinski definition) is 4. The summed E-state index contributed by atoms with van der Waals surface area (Å²) in [7, 11) is 0. The van der Waals surface area contributed by atoms with Crippen LogP contribution >= 0.6 is 0 Å². The number of nitriles is 1. The van der Waals surface area contributed by atoms with E-state index in [1.54, 1.807) is 18.2 Å². The molecule has 2 rings (SSSR count). The lowest BCUT2D eigenvalue weighted by Crippen LogP contribution is -2.17. The smallest absolute Gasteiger partial charge is 0.217 e. The van der Waals surface area contributed by atoms with Crippen LogP contribution in [-0.4, -0.2) is 23.8 Å². The molecule has 0 spiro atoms. The maximum Gasteiger partial charge on any atom is 0.217 e. The van der Waals surface area contributed by atoms with Gasteiger partial charge in [0.25, 0.3) is 0 Å². The number of nitrogens with zero attached hydrogens (tertiary/aromatic N) is 2. The third-order valence-corrected chi connectivity index (χ3v) is 2.97. The molecule has 1 aliphatic heterocycles. The largest absolute Gasteiger partial charge is 0.475 e. The van der Waals surface area contributed by atoms with Gasteiger partial charge in [-0.1, -0.05) is 6.92 Å². The van der Waals surface area contributed by atoms with E-state index in [0.29, 0.717) is 35.6 Å². The number of ether oxygens (including phenoxy) is 1. The molecule has 98 valence electrons. The molecule has 1 aromatic rings. The Hall–Kier alpha value is -2.15. The van der Waals surface area contributed by atoms with E-state index in [4.69, 9.17) is 10.00 Å². The highest BCUT2D eigenvalue weighted by molar-refractivity contribution is 6.08. The lowest BCUT2D eigenvalue weighted by atomic mass is 9.99. The van der Waals surface area contributed by atoms with Crippen LogP contribution < -0.4 is 0 Å². The van der Waals surface area contributed by atoms with Crippen molar-refractivity contribution in [1.29, 1.82) is 5.26 Å². The Morgan fingerprint density at radius 2 is 2.26 bits per heavy atom. The van der Waals surface area contributed by atoms with E-state index in [1.807, 2.05) is 20.8 Å². The van der Waals surface area contributed by atoms with Gasteiger partial charge in [-0.15, -0.1) is 0 Å². The predicted octanol–water partition coefficient (Wildman–Crippen LogP) is 2.71. The molecule has 0 unspecified atom stereocenters. The zero-order chi connectivity index (χ0) is 14.0. The molecule has 0 aliphatic carbocycles. The Morgan fingerprint density at radius 1 is 1.53 bits per heavy atom. The number of rotatable bonds is 3. The fraction of sp³-hybridized carbons (Fsp3) is 0.400. The van der Waals surface area contributed by atoms with Crippen LogP contribution in [0.3, 0.4) is 0 Å². The summed E-state index contributed by atoms with van der Waals surface area (Å²) < 4.78 is 5.58. The maximum absolute atomic E-state index is 12.0. The molecule has 4 nitrogen and oxygen atoms in total. The fourth-order valence-corrected chi connectivity index (χ4v) is 1.95. The number of benzene rings is 1. The summed E-state index contributed by atoms with van der Waals surface area (Å²) in [6.07, 6.45) is 0.412. The highest BCUT2D eigenvalue weighted by atomic mass is 16.5. The van der Waals surface area contributed by atoms with E-state index in [1.165, 1.54) is 0 Å². The standard InChI is InChI=1S/C15H16N2O2/c1-4-13(18)11-6-5-10(8-16)7-12(11)14-17-15(2,3)9-19-14/h5-7H,4,9H2,1-3H3. The van der Waals surface area contributed by atoms with E-state index < -0.39 is 0 Å². The van der Waals surface area contributed by atoms with Gasteiger partial charge in [0, 0.05) is 17.5 Å². The van der Waals surface area contributed by atoms with Gasteiger partial charge in [-0.3, -0.25) is 4.79 Å². The van der Waals surface area contributed by atoms with Crippen LogP contribution in [0, 0.1) is 11.3 Å². The second kappa shape index (κ2) is 4.85. The first-order valence-corrected chi connectivity index (χ1v) is 6.27. The summed E-state index contributed by atoms with van der Waals surface area (Å²) in [5.74, 6) is 0.481. The zero-order valence-corrected chi connectivity index (χ0v) is 11.4. The van der Waals surface area contributed by atoms with Crippen molar-refractivity contribution in [2.24, 2.45) is 4.99 Å². The van der Waals surface area contributed by atoms with Crippen molar-refractivity contribution in [2.45, 2.75) is 32.7 Å². The van der Waals surface area contributed by atoms with Crippen LogP contribution in [0.15, 0.2) is 23.2 Å². The van der Waals surface area contributed by atoms with Gasteiger partial charge in [0.2, 0.25) is 5.90 Å². The summed E-state index contributed by atoms with van der Waals surface area (Å²) in [5.41, 5.74) is 1.40. The number of hydrogen-bond donors (Lipinski definition) is 0. The molecule has 0 saturated heterocycles. The third kappa shape index (κ3) is 2.65. The summed E-state index contributed by atoms with van der Waals surface area (Å²) in [5, 5.41) is 8.98. The van der Waals surface area contributed by atoms with Crippen LogP contribution in [0.5, 0.6) is 0 Å². The van der Waals surface area contributed by atoms with E-state index in [0.717, 1.165) is 0 Å². The lowest BCUT2D eigenvalue weighted by molar-refractivity contribution is 0.0987. The SMILES string of the molecule is CCC(=O)c1ccc(C#N)cc1C1=NC(C)(C)CO1. The summed E-state index contributed by atoms with van der Waals surface area (Å²) in [6, 6.07) is 7.07. The summed E-state index contributed by atoms with van der Waals surface area (Å²) in [4.78, 5) is 16.4. The van der Waals surface area contributed by atoms with Crippen molar-refractivity contribution in [3.8, 4) is 6.07 Å². The second-order valence-electron chi connectivity index (χ2n) is 5.17. The first-order valence-electron chi connectivity index (χ1n) is 6.27. The molecule has 0 aromatic heterocycles. The third-order valence-electron chi connectivity index (χ3n) is 2.97. The first-order chi connectivity index (χ1) is 8.96. The van der Waals surface area contributed by atoms with Crippen molar-refractivity contribution in [2.75, 3.05) is 6.61 Å². The molecule has 1 heterocycles. The van der Waals surface area contributed by atoms with Gasteiger partial charge >= 0.3 is 0 Å². The minimum absolute atomic E-state index is 0.0236. The van der Waals surface area contributed by atoms with Gasteiger partial charge in [-0.25, -0.2) is 4.99 Å². The maximum atomic E-state index is 12.0. The molecule has 19 heavy (non-hydrogen) atoms. The van der Waals surface area contributed by atoms with Gasteiger partial charge in [-0.05, 0) is 32.0 Å². The summed E-state index contributed by atoms with van der Waals surface area (Å²) >= 11 is 0. The Morgan fingerprint density at radius 3 is 2.79 bits per heavy atom. The predicted molar refractivity (Wildman–Crippen MR) is 72.3 cm³/mol. The van der Waals surface area contributed by atoms with Gasteiger partial charge < -0.3 is 4.74 Å². The van der Waals surface area contributed by atoms with Crippen molar-refractivity contribution < 1.29 is 9.53 Å². The van der Waals surface area contributed by atoms with Gasteiger partial charge in [-0.2, -0.15) is 5.26 Å². The fourth-order valence-electron chi connectivity index (χ4n) is 1.95. The number of aliphatic imine (C=N–C) groups is 1. The molecule has 0 N–H and O–H groups in total. The second-order valence-corrected chi connectivity index (χ2v) is 5.17. The van der Waals surface area contributed by atoms with Crippen LogP contribution in [0.1, 0.15) is 48.7 Å². The van der Waals surface area contributed by atoms with Crippen molar-refractivity contribution in [1.82, 2.24) is 0 Å².